The molecule has 0 atom stereocenters. The molecule has 3 rings (SSSR count). The lowest BCUT2D eigenvalue weighted by Gasteiger charge is -2.22. The Labute approximate surface area is 208 Å². The molecule has 0 aliphatic heterocycles. The van der Waals surface area contributed by atoms with Crippen LogP contribution in [0.2, 0.25) is 15.1 Å². The number of anilines is 1. The summed E-state index contributed by atoms with van der Waals surface area (Å²) in [6.45, 7) is -0.331. The zero-order valence-electron chi connectivity index (χ0n) is 17.6. The van der Waals surface area contributed by atoms with Crippen molar-refractivity contribution >= 4 is 56.4 Å². The van der Waals surface area contributed by atoms with Gasteiger partial charge in [0.25, 0.3) is 0 Å². The van der Waals surface area contributed by atoms with Crippen molar-refractivity contribution in [1.29, 1.82) is 0 Å². The van der Waals surface area contributed by atoms with E-state index in [-0.39, 0.29) is 16.5 Å². The fraction of sp³-hybridized carbons (Fsp3) is 0.174. The van der Waals surface area contributed by atoms with E-state index in [0.717, 1.165) is 9.87 Å². The average Bonchev–Trinajstić information content (AvgIpc) is 2.76. The Bertz CT molecular complexity index is 1220. The monoisotopic (exact) mass is 526 g/mol. The van der Waals surface area contributed by atoms with E-state index in [0.29, 0.717) is 27.9 Å². The second-order valence-electron chi connectivity index (χ2n) is 7.08. The minimum absolute atomic E-state index is 0.0417. The van der Waals surface area contributed by atoms with E-state index in [9.17, 15) is 13.2 Å². The van der Waals surface area contributed by atoms with Crippen molar-refractivity contribution in [3.05, 3.63) is 87.4 Å². The summed E-state index contributed by atoms with van der Waals surface area (Å²) in [5.41, 5.74) is 1.30. The molecular formula is C23H21Cl3N2O4S. The molecule has 3 aromatic rings. The van der Waals surface area contributed by atoms with Gasteiger partial charge in [-0.05, 0) is 48.4 Å². The fourth-order valence-corrected chi connectivity index (χ4v) is 5.40. The van der Waals surface area contributed by atoms with E-state index in [1.54, 1.807) is 0 Å². The van der Waals surface area contributed by atoms with Crippen LogP contribution in [-0.2, 0) is 21.2 Å². The SMILES string of the molecule is COc1ccc(S(=O)(=O)N(CCc2ccccc2)CC(=O)Nc2cc(Cl)cc(Cl)c2)cc1Cl. The number of rotatable bonds is 9. The van der Waals surface area contributed by atoms with Gasteiger partial charge in [0.05, 0.1) is 23.6 Å². The topological polar surface area (TPSA) is 75.7 Å². The molecule has 0 unspecified atom stereocenters. The summed E-state index contributed by atoms with van der Waals surface area (Å²) in [5, 5.41) is 3.49. The Morgan fingerprint density at radius 1 is 0.970 bits per heavy atom. The van der Waals surface area contributed by atoms with Crippen molar-refractivity contribution in [2.45, 2.75) is 11.3 Å². The van der Waals surface area contributed by atoms with Gasteiger partial charge in [0.15, 0.2) is 0 Å². The predicted octanol–water partition coefficient (Wildman–Crippen LogP) is 5.53. The molecule has 0 heterocycles. The first-order valence-electron chi connectivity index (χ1n) is 9.82. The molecule has 3 aromatic carbocycles. The number of sulfonamides is 1. The third-order valence-electron chi connectivity index (χ3n) is 4.72. The summed E-state index contributed by atoms with van der Waals surface area (Å²) in [6, 6.07) is 18.1. The second kappa shape index (κ2) is 11.2. The Morgan fingerprint density at radius 3 is 2.24 bits per heavy atom. The molecule has 0 aliphatic rings. The maximum Gasteiger partial charge on any atom is 0.243 e. The Hall–Kier alpha value is -2.29. The Morgan fingerprint density at radius 2 is 1.64 bits per heavy atom. The number of ether oxygens (including phenoxy) is 1. The minimum atomic E-state index is -4.04. The molecular weight excluding hydrogens is 507 g/mol. The fourth-order valence-electron chi connectivity index (χ4n) is 3.13. The zero-order chi connectivity index (χ0) is 24.0. The third-order valence-corrected chi connectivity index (χ3v) is 7.29. The maximum atomic E-state index is 13.4. The Balaban J connectivity index is 1.86. The van der Waals surface area contributed by atoms with Gasteiger partial charge in [0.1, 0.15) is 5.75 Å². The molecule has 1 amide bonds. The number of nitrogens with zero attached hydrogens (tertiary/aromatic N) is 1. The first-order chi connectivity index (χ1) is 15.7. The van der Waals surface area contributed by atoms with Gasteiger partial charge in [0, 0.05) is 22.3 Å². The van der Waals surface area contributed by atoms with Crippen LogP contribution in [-0.4, -0.2) is 38.8 Å². The Kier molecular flexibility index (Phi) is 8.62. The summed E-state index contributed by atoms with van der Waals surface area (Å²) in [5.74, 6) is -0.188. The maximum absolute atomic E-state index is 13.4. The number of nitrogens with one attached hydrogen (secondary N) is 1. The normalized spacial score (nSPS) is 11.4. The van der Waals surface area contributed by atoms with Crippen LogP contribution in [0.25, 0.3) is 0 Å². The lowest BCUT2D eigenvalue weighted by molar-refractivity contribution is -0.116. The van der Waals surface area contributed by atoms with Gasteiger partial charge in [-0.3, -0.25) is 4.79 Å². The van der Waals surface area contributed by atoms with Gasteiger partial charge in [-0.2, -0.15) is 4.31 Å². The lowest BCUT2D eigenvalue weighted by Crippen LogP contribution is -2.39. The number of carbonyl (C=O) groups excluding carboxylic acids is 1. The molecule has 10 heteroatoms. The van der Waals surface area contributed by atoms with Crippen molar-refractivity contribution in [2.75, 3.05) is 25.5 Å². The number of carbonyl (C=O) groups is 1. The number of hydrogen-bond acceptors (Lipinski definition) is 4. The molecule has 0 spiro atoms. The molecule has 0 aliphatic carbocycles. The smallest absolute Gasteiger partial charge is 0.243 e. The van der Waals surface area contributed by atoms with Crippen molar-refractivity contribution in [2.24, 2.45) is 0 Å². The summed E-state index contributed by atoms with van der Waals surface area (Å²) < 4.78 is 33.0. The van der Waals surface area contributed by atoms with Crippen molar-refractivity contribution in [3.63, 3.8) is 0 Å². The van der Waals surface area contributed by atoms with Crippen LogP contribution in [0.5, 0.6) is 5.75 Å². The van der Waals surface area contributed by atoms with Gasteiger partial charge >= 0.3 is 0 Å². The van der Waals surface area contributed by atoms with Crippen molar-refractivity contribution in [1.82, 2.24) is 4.31 Å². The molecule has 6 nitrogen and oxygen atoms in total. The highest BCUT2D eigenvalue weighted by atomic mass is 35.5. The highest BCUT2D eigenvalue weighted by Crippen LogP contribution is 2.29. The summed E-state index contributed by atoms with van der Waals surface area (Å²) >= 11 is 18.1. The van der Waals surface area contributed by atoms with Crippen LogP contribution in [0, 0.1) is 0 Å². The van der Waals surface area contributed by atoms with E-state index in [4.69, 9.17) is 39.5 Å². The summed E-state index contributed by atoms with van der Waals surface area (Å²) in [6.07, 6.45) is 0.417. The van der Waals surface area contributed by atoms with E-state index < -0.39 is 22.5 Å². The van der Waals surface area contributed by atoms with Crippen LogP contribution in [0.3, 0.4) is 0 Å². The highest BCUT2D eigenvalue weighted by molar-refractivity contribution is 7.89. The molecule has 0 bridgehead atoms. The van der Waals surface area contributed by atoms with Gasteiger partial charge in [-0.25, -0.2) is 8.42 Å². The van der Waals surface area contributed by atoms with Gasteiger partial charge in [-0.15, -0.1) is 0 Å². The number of amides is 1. The largest absolute Gasteiger partial charge is 0.495 e. The third kappa shape index (κ3) is 6.85. The number of hydrogen-bond donors (Lipinski definition) is 1. The molecule has 0 radical (unpaired) electrons. The van der Waals surface area contributed by atoms with E-state index in [1.165, 1.54) is 43.5 Å². The van der Waals surface area contributed by atoms with Crippen LogP contribution in [0.1, 0.15) is 5.56 Å². The standard InChI is InChI=1S/C23H21Cl3N2O4S/c1-32-22-8-7-20(14-21(22)26)33(30,31)28(10-9-16-5-3-2-4-6-16)15-23(29)27-19-12-17(24)11-18(25)13-19/h2-8,11-14H,9-10,15H2,1H3,(H,27,29). The molecule has 33 heavy (non-hydrogen) atoms. The zero-order valence-corrected chi connectivity index (χ0v) is 20.7. The van der Waals surface area contributed by atoms with Crippen molar-refractivity contribution < 1.29 is 17.9 Å². The van der Waals surface area contributed by atoms with Gasteiger partial charge in [0.2, 0.25) is 15.9 Å². The second-order valence-corrected chi connectivity index (χ2v) is 10.3. The first-order valence-corrected chi connectivity index (χ1v) is 12.4. The average molecular weight is 528 g/mol. The molecule has 1 N–H and O–H groups in total. The van der Waals surface area contributed by atoms with Crippen LogP contribution in [0.15, 0.2) is 71.6 Å². The predicted molar refractivity (Wildman–Crippen MR) is 132 cm³/mol. The molecule has 0 saturated heterocycles. The molecule has 0 aromatic heterocycles. The van der Waals surface area contributed by atoms with Gasteiger partial charge < -0.3 is 10.1 Å². The number of methoxy groups -OCH3 is 1. The molecule has 0 saturated carbocycles. The summed E-state index contributed by atoms with van der Waals surface area (Å²) in [4.78, 5) is 12.7. The lowest BCUT2D eigenvalue weighted by atomic mass is 10.1. The van der Waals surface area contributed by atoms with Crippen LogP contribution in [0.4, 0.5) is 5.69 Å². The van der Waals surface area contributed by atoms with E-state index in [1.807, 2.05) is 30.3 Å². The van der Waals surface area contributed by atoms with E-state index in [2.05, 4.69) is 5.32 Å². The van der Waals surface area contributed by atoms with Crippen LogP contribution < -0.4 is 10.1 Å². The van der Waals surface area contributed by atoms with Gasteiger partial charge in [-0.1, -0.05) is 65.1 Å². The first kappa shape index (κ1) is 25.3. The minimum Gasteiger partial charge on any atom is -0.495 e. The number of halogens is 3. The summed E-state index contributed by atoms with van der Waals surface area (Å²) in [7, 11) is -2.60. The van der Waals surface area contributed by atoms with Crippen LogP contribution >= 0.6 is 34.8 Å². The van der Waals surface area contributed by atoms with E-state index >= 15 is 0 Å². The highest BCUT2D eigenvalue weighted by Gasteiger charge is 2.27. The number of benzene rings is 3. The molecule has 0 fully saturated rings. The molecule has 174 valence electrons. The quantitative estimate of drug-likeness (QED) is 0.397. The van der Waals surface area contributed by atoms with Crippen molar-refractivity contribution in [3.8, 4) is 5.75 Å².